The quantitative estimate of drug-likeness (QED) is 0.827. The van der Waals surface area contributed by atoms with Crippen LogP contribution in [0.1, 0.15) is 12.5 Å². The summed E-state index contributed by atoms with van der Waals surface area (Å²) in [6.07, 6.45) is -2.91. The molecule has 2 heterocycles. The minimum Gasteiger partial charge on any atom is -0.369 e. The summed E-state index contributed by atoms with van der Waals surface area (Å²) >= 11 is 5.78. The van der Waals surface area contributed by atoms with Gasteiger partial charge in [0.05, 0.1) is 16.6 Å². The van der Waals surface area contributed by atoms with E-state index in [-0.39, 0.29) is 11.9 Å². The van der Waals surface area contributed by atoms with E-state index in [1.807, 2.05) is 9.80 Å². The van der Waals surface area contributed by atoms with E-state index in [0.717, 1.165) is 12.1 Å². The van der Waals surface area contributed by atoms with Gasteiger partial charge in [-0.3, -0.25) is 9.69 Å². The number of pyridine rings is 1. The SMILES string of the molecule is C[C@H](C(=O)Nc1ccc(Cl)cn1)N1CCN(c2cccc(C(F)(F)F)c2)CC1. The maximum absolute atomic E-state index is 12.9. The molecular weight excluding hydrogens is 393 g/mol. The normalized spacial score (nSPS) is 16.7. The van der Waals surface area contributed by atoms with Crippen LogP contribution in [0.4, 0.5) is 24.7 Å². The van der Waals surface area contributed by atoms with E-state index < -0.39 is 11.7 Å². The molecule has 0 radical (unpaired) electrons. The predicted molar refractivity (Wildman–Crippen MR) is 103 cm³/mol. The number of nitrogens with zero attached hydrogens (tertiary/aromatic N) is 3. The van der Waals surface area contributed by atoms with Gasteiger partial charge in [0, 0.05) is 38.1 Å². The zero-order chi connectivity index (χ0) is 20.3. The van der Waals surface area contributed by atoms with Crippen molar-refractivity contribution in [1.29, 1.82) is 0 Å². The number of carbonyl (C=O) groups excluding carboxylic acids is 1. The van der Waals surface area contributed by atoms with E-state index in [1.54, 1.807) is 25.1 Å². The van der Waals surface area contributed by atoms with E-state index in [0.29, 0.717) is 42.7 Å². The number of rotatable bonds is 4. The Hall–Kier alpha value is -2.32. The maximum atomic E-state index is 12.9. The lowest BCUT2D eigenvalue weighted by atomic mass is 10.1. The number of amides is 1. The van der Waals surface area contributed by atoms with Crippen molar-refractivity contribution in [1.82, 2.24) is 9.88 Å². The molecule has 9 heteroatoms. The van der Waals surface area contributed by atoms with Crippen LogP contribution in [0.3, 0.4) is 0 Å². The van der Waals surface area contributed by atoms with Crippen LogP contribution < -0.4 is 10.2 Å². The maximum Gasteiger partial charge on any atom is 0.416 e. The molecule has 1 aliphatic heterocycles. The molecule has 0 unspecified atom stereocenters. The molecule has 0 saturated carbocycles. The smallest absolute Gasteiger partial charge is 0.369 e. The Bertz CT molecular complexity index is 821. The van der Waals surface area contributed by atoms with E-state index in [4.69, 9.17) is 11.6 Å². The Morgan fingerprint density at radius 3 is 2.50 bits per heavy atom. The van der Waals surface area contributed by atoms with Gasteiger partial charge in [0.1, 0.15) is 5.82 Å². The monoisotopic (exact) mass is 412 g/mol. The third-order valence-electron chi connectivity index (χ3n) is 4.76. The number of piperazine rings is 1. The molecule has 0 spiro atoms. The zero-order valence-corrected chi connectivity index (χ0v) is 16.0. The molecule has 0 bridgehead atoms. The fraction of sp³-hybridized carbons (Fsp3) is 0.368. The van der Waals surface area contributed by atoms with Crippen LogP contribution in [0.15, 0.2) is 42.6 Å². The number of hydrogen-bond acceptors (Lipinski definition) is 4. The summed E-state index contributed by atoms with van der Waals surface area (Å²) in [7, 11) is 0. The largest absolute Gasteiger partial charge is 0.416 e. The number of carbonyl (C=O) groups is 1. The number of anilines is 2. The molecule has 2 aromatic rings. The van der Waals surface area contributed by atoms with Gasteiger partial charge in [0.15, 0.2) is 0 Å². The van der Waals surface area contributed by atoms with Gasteiger partial charge in [0.25, 0.3) is 0 Å². The van der Waals surface area contributed by atoms with Gasteiger partial charge < -0.3 is 10.2 Å². The zero-order valence-electron chi connectivity index (χ0n) is 15.2. The first-order chi connectivity index (χ1) is 13.2. The lowest BCUT2D eigenvalue weighted by Crippen LogP contribution is -2.52. The topological polar surface area (TPSA) is 48.5 Å². The minimum atomic E-state index is -4.36. The van der Waals surface area contributed by atoms with Crippen molar-refractivity contribution in [3.63, 3.8) is 0 Å². The Morgan fingerprint density at radius 2 is 1.89 bits per heavy atom. The lowest BCUT2D eigenvalue weighted by Gasteiger charge is -2.38. The Labute approximate surface area is 166 Å². The second-order valence-corrected chi connectivity index (χ2v) is 7.03. The van der Waals surface area contributed by atoms with Gasteiger partial charge in [-0.2, -0.15) is 13.2 Å². The number of aromatic nitrogens is 1. The Balaban J connectivity index is 1.57. The molecule has 1 aromatic heterocycles. The van der Waals surface area contributed by atoms with Crippen LogP contribution in [-0.4, -0.2) is 48.0 Å². The molecule has 1 aromatic carbocycles. The predicted octanol–water partition coefficient (Wildman–Crippen LogP) is 3.90. The van der Waals surface area contributed by atoms with Crippen molar-refractivity contribution in [3.8, 4) is 0 Å². The average Bonchev–Trinajstić information content (AvgIpc) is 2.69. The highest BCUT2D eigenvalue weighted by atomic mass is 35.5. The van der Waals surface area contributed by atoms with Crippen LogP contribution in [0.25, 0.3) is 0 Å². The van der Waals surface area contributed by atoms with Gasteiger partial charge in [-0.15, -0.1) is 0 Å². The highest BCUT2D eigenvalue weighted by Crippen LogP contribution is 2.32. The van der Waals surface area contributed by atoms with Gasteiger partial charge in [-0.1, -0.05) is 17.7 Å². The third kappa shape index (κ3) is 4.94. The molecule has 1 aliphatic rings. The van der Waals surface area contributed by atoms with E-state index >= 15 is 0 Å². The summed E-state index contributed by atoms with van der Waals surface area (Å²) in [5.41, 5.74) is -0.118. The molecule has 150 valence electrons. The molecule has 28 heavy (non-hydrogen) atoms. The van der Waals surface area contributed by atoms with Crippen molar-refractivity contribution >= 4 is 29.0 Å². The highest BCUT2D eigenvalue weighted by Gasteiger charge is 2.31. The van der Waals surface area contributed by atoms with Gasteiger partial charge in [0.2, 0.25) is 5.91 Å². The fourth-order valence-electron chi connectivity index (χ4n) is 3.09. The summed E-state index contributed by atoms with van der Waals surface area (Å²) < 4.78 is 38.7. The van der Waals surface area contributed by atoms with Crippen LogP contribution in [0.2, 0.25) is 5.02 Å². The second kappa shape index (κ2) is 8.36. The number of benzene rings is 1. The van der Waals surface area contributed by atoms with Gasteiger partial charge >= 0.3 is 6.18 Å². The summed E-state index contributed by atoms with van der Waals surface area (Å²) in [5.74, 6) is 0.228. The van der Waals surface area contributed by atoms with Crippen LogP contribution in [0.5, 0.6) is 0 Å². The Morgan fingerprint density at radius 1 is 1.18 bits per heavy atom. The molecule has 1 fully saturated rings. The van der Waals surface area contributed by atoms with Crippen LogP contribution in [-0.2, 0) is 11.0 Å². The molecule has 1 saturated heterocycles. The van der Waals surface area contributed by atoms with Crippen molar-refractivity contribution < 1.29 is 18.0 Å². The van der Waals surface area contributed by atoms with Crippen molar-refractivity contribution in [2.75, 3.05) is 36.4 Å². The minimum absolute atomic E-state index is 0.192. The summed E-state index contributed by atoms with van der Waals surface area (Å²) in [6, 6.07) is 8.20. The molecule has 3 rings (SSSR count). The second-order valence-electron chi connectivity index (χ2n) is 6.60. The molecule has 1 N–H and O–H groups in total. The summed E-state index contributed by atoms with van der Waals surface area (Å²) in [5, 5.41) is 3.23. The fourth-order valence-corrected chi connectivity index (χ4v) is 3.20. The Kier molecular flexibility index (Phi) is 6.10. The van der Waals surface area contributed by atoms with Gasteiger partial charge in [-0.25, -0.2) is 4.98 Å². The molecule has 1 amide bonds. The summed E-state index contributed by atoms with van der Waals surface area (Å²) in [4.78, 5) is 20.4. The van der Waals surface area contributed by atoms with Crippen molar-refractivity contribution in [2.45, 2.75) is 19.1 Å². The first kappa shape index (κ1) is 20.4. The summed E-state index contributed by atoms with van der Waals surface area (Å²) in [6.45, 7) is 4.01. The first-order valence-electron chi connectivity index (χ1n) is 8.83. The highest BCUT2D eigenvalue weighted by molar-refractivity contribution is 6.30. The lowest BCUT2D eigenvalue weighted by molar-refractivity contribution is -0.137. The van der Waals surface area contributed by atoms with E-state index in [9.17, 15) is 18.0 Å². The number of hydrogen-bond donors (Lipinski definition) is 1. The van der Waals surface area contributed by atoms with E-state index in [1.165, 1.54) is 12.3 Å². The van der Waals surface area contributed by atoms with E-state index in [2.05, 4.69) is 10.3 Å². The molecular formula is C19H20ClF3N4O. The molecule has 0 aliphatic carbocycles. The first-order valence-corrected chi connectivity index (χ1v) is 9.20. The third-order valence-corrected chi connectivity index (χ3v) is 4.98. The van der Waals surface area contributed by atoms with Crippen LogP contribution in [0, 0.1) is 0 Å². The van der Waals surface area contributed by atoms with Crippen molar-refractivity contribution in [3.05, 3.63) is 53.2 Å². The molecule has 5 nitrogen and oxygen atoms in total. The van der Waals surface area contributed by atoms with Crippen LogP contribution >= 0.6 is 11.6 Å². The molecule has 1 atom stereocenters. The standard InChI is InChI=1S/C19H20ClF3N4O/c1-13(18(28)25-17-6-5-15(20)12-24-17)26-7-9-27(10-8-26)16-4-2-3-14(11-16)19(21,22)23/h2-6,11-13H,7-10H2,1H3,(H,24,25,28)/t13-/m1/s1. The van der Waals surface area contributed by atoms with Crippen molar-refractivity contribution in [2.24, 2.45) is 0 Å². The van der Waals surface area contributed by atoms with Gasteiger partial charge in [-0.05, 0) is 37.3 Å². The number of halogens is 4. The number of nitrogens with one attached hydrogen (secondary N) is 1. The number of alkyl halides is 3. The average molecular weight is 413 g/mol.